The Morgan fingerprint density at radius 3 is 2.69 bits per heavy atom. The number of hydrogen-bond donors (Lipinski definition) is 3. The van der Waals surface area contributed by atoms with Crippen molar-refractivity contribution in [2.24, 2.45) is 0 Å². The second-order valence-electron chi connectivity index (χ2n) is 9.23. The molecule has 5 nitrogen and oxygen atoms in total. The van der Waals surface area contributed by atoms with Gasteiger partial charge in [-0.1, -0.05) is 48.0 Å². The average Bonchev–Trinajstić information content (AvgIpc) is 3.22. The van der Waals surface area contributed by atoms with Crippen molar-refractivity contribution >= 4 is 28.4 Å². The number of aromatic hydroxyl groups is 1. The number of aryl methyl sites for hydroxylation is 1. The lowest BCUT2D eigenvalue weighted by atomic mass is 10.0. The maximum absolute atomic E-state index is 13.0. The molecular formula is C29H30ClN3O2. The molecule has 0 saturated heterocycles. The van der Waals surface area contributed by atoms with E-state index in [1.54, 1.807) is 6.07 Å². The van der Waals surface area contributed by atoms with Gasteiger partial charge in [0.15, 0.2) is 0 Å². The fourth-order valence-corrected chi connectivity index (χ4v) is 5.21. The van der Waals surface area contributed by atoms with Gasteiger partial charge in [-0.05, 0) is 72.7 Å². The highest BCUT2D eigenvalue weighted by atomic mass is 35.5. The van der Waals surface area contributed by atoms with Crippen LogP contribution in [0.2, 0.25) is 5.02 Å². The zero-order chi connectivity index (χ0) is 24.2. The molecule has 35 heavy (non-hydrogen) atoms. The van der Waals surface area contributed by atoms with E-state index in [0.717, 1.165) is 77.9 Å². The summed E-state index contributed by atoms with van der Waals surface area (Å²) in [4.78, 5) is 18.8. The van der Waals surface area contributed by atoms with Crippen molar-refractivity contribution in [1.82, 2.24) is 15.2 Å². The quantitative estimate of drug-likeness (QED) is 0.273. The van der Waals surface area contributed by atoms with Gasteiger partial charge in [0.2, 0.25) is 0 Å². The minimum absolute atomic E-state index is 0.0165. The van der Waals surface area contributed by atoms with E-state index in [-0.39, 0.29) is 5.91 Å². The predicted molar refractivity (Wildman–Crippen MR) is 141 cm³/mol. The van der Waals surface area contributed by atoms with Gasteiger partial charge in [0, 0.05) is 53.4 Å². The smallest absolute Gasteiger partial charge is 0.251 e. The maximum atomic E-state index is 13.0. The molecule has 1 aliphatic heterocycles. The number of fused-ring (bicyclic) bond motifs is 3. The number of nitrogens with zero attached hydrogens (tertiary/aromatic N) is 1. The third kappa shape index (κ3) is 5.37. The molecule has 0 spiro atoms. The number of phenolic OH excluding ortho intramolecular Hbond substituents is 1. The molecule has 1 amide bonds. The Kier molecular flexibility index (Phi) is 7.07. The maximum Gasteiger partial charge on any atom is 0.251 e. The van der Waals surface area contributed by atoms with Gasteiger partial charge in [0.1, 0.15) is 5.75 Å². The molecule has 2 heterocycles. The molecule has 4 aromatic rings. The molecule has 5 rings (SSSR count). The van der Waals surface area contributed by atoms with E-state index in [4.69, 9.17) is 11.6 Å². The average molecular weight is 488 g/mol. The van der Waals surface area contributed by atoms with Gasteiger partial charge >= 0.3 is 0 Å². The highest BCUT2D eigenvalue weighted by Gasteiger charge is 2.22. The molecule has 0 bridgehead atoms. The summed E-state index contributed by atoms with van der Waals surface area (Å²) >= 11 is 6.23. The van der Waals surface area contributed by atoms with Crippen molar-refractivity contribution in [3.05, 3.63) is 99.7 Å². The van der Waals surface area contributed by atoms with Crippen molar-refractivity contribution < 1.29 is 9.90 Å². The highest BCUT2D eigenvalue weighted by Crippen LogP contribution is 2.30. The monoisotopic (exact) mass is 487 g/mol. The molecule has 6 heteroatoms. The third-order valence-corrected chi connectivity index (χ3v) is 7.18. The molecule has 0 unspecified atom stereocenters. The molecule has 3 aromatic carbocycles. The first kappa shape index (κ1) is 23.5. The van der Waals surface area contributed by atoms with Gasteiger partial charge in [0.05, 0.1) is 0 Å². The molecule has 1 aliphatic rings. The van der Waals surface area contributed by atoms with Gasteiger partial charge in [-0.15, -0.1) is 0 Å². The molecule has 1 aromatic heterocycles. The minimum Gasteiger partial charge on any atom is -0.508 e. The SMILES string of the molecule is O=C(NCCCCc1ccccc1Cl)c1ccccc1CN1CCc2c([nH]c3ccc(O)cc23)C1. The largest absolute Gasteiger partial charge is 0.508 e. The van der Waals surface area contributed by atoms with E-state index in [1.807, 2.05) is 54.6 Å². The van der Waals surface area contributed by atoms with Crippen LogP contribution in [0.5, 0.6) is 5.75 Å². The Hall–Kier alpha value is -3.28. The Morgan fingerprint density at radius 1 is 1.03 bits per heavy atom. The fourth-order valence-electron chi connectivity index (χ4n) is 4.98. The lowest BCUT2D eigenvalue weighted by Gasteiger charge is -2.27. The highest BCUT2D eigenvalue weighted by molar-refractivity contribution is 6.31. The molecule has 180 valence electrons. The number of unbranched alkanes of at least 4 members (excludes halogenated alkanes) is 1. The summed E-state index contributed by atoms with van der Waals surface area (Å²) in [5, 5.41) is 14.9. The minimum atomic E-state index is -0.0165. The van der Waals surface area contributed by atoms with E-state index < -0.39 is 0 Å². The molecule has 0 radical (unpaired) electrons. The summed E-state index contributed by atoms with van der Waals surface area (Å²) in [7, 11) is 0. The van der Waals surface area contributed by atoms with Crippen LogP contribution in [0.4, 0.5) is 0 Å². The second-order valence-corrected chi connectivity index (χ2v) is 9.64. The van der Waals surface area contributed by atoms with E-state index >= 15 is 0 Å². The number of H-pyrrole nitrogens is 1. The first-order valence-corrected chi connectivity index (χ1v) is 12.6. The van der Waals surface area contributed by atoms with Crippen molar-refractivity contribution in [3.8, 4) is 5.75 Å². The van der Waals surface area contributed by atoms with E-state index in [2.05, 4.69) is 21.3 Å². The standard InChI is InChI=1S/C29H30ClN3O2/c30-26-11-4-2-7-20(26)8-5-6-15-31-29(35)23-10-3-1-9-21(23)18-33-16-14-24-25-17-22(34)12-13-27(25)32-28(24)19-33/h1-4,7,9-13,17,32,34H,5-6,8,14-16,18-19H2,(H,31,35). The van der Waals surface area contributed by atoms with Crippen molar-refractivity contribution in [3.63, 3.8) is 0 Å². The summed E-state index contributed by atoms with van der Waals surface area (Å²) in [5.74, 6) is 0.280. The number of carbonyl (C=O) groups is 1. The van der Waals surface area contributed by atoms with Crippen molar-refractivity contribution in [2.45, 2.75) is 38.8 Å². The van der Waals surface area contributed by atoms with E-state index in [1.165, 1.54) is 11.3 Å². The van der Waals surface area contributed by atoms with Crippen LogP contribution in [-0.2, 0) is 25.9 Å². The fraction of sp³-hybridized carbons (Fsp3) is 0.276. The summed E-state index contributed by atoms with van der Waals surface area (Å²) in [6.45, 7) is 3.07. The first-order chi connectivity index (χ1) is 17.1. The predicted octanol–water partition coefficient (Wildman–Crippen LogP) is 5.84. The van der Waals surface area contributed by atoms with Crippen LogP contribution in [0.25, 0.3) is 10.9 Å². The first-order valence-electron chi connectivity index (χ1n) is 12.2. The molecule has 0 atom stereocenters. The van der Waals surface area contributed by atoms with Crippen LogP contribution in [0.15, 0.2) is 66.7 Å². The topological polar surface area (TPSA) is 68.4 Å². The van der Waals surface area contributed by atoms with Gasteiger partial charge in [-0.3, -0.25) is 9.69 Å². The molecular weight excluding hydrogens is 458 g/mol. The Morgan fingerprint density at radius 2 is 1.83 bits per heavy atom. The van der Waals surface area contributed by atoms with Gasteiger partial charge in [-0.2, -0.15) is 0 Å². The van der Waals surface area contributed by atoms with E-state index in [9.17, 15) is 9.90 Å². The second kappa shape index (κ2) is 10.5. The van der Waals surface area contributed by atoms with Crippen LogP contribution in [0, 0.1) is 0 Å². The number of aromatic nitrogens is 1. The Bertz CT molecular complexity index is 1350. The normalized spacial score (nSPS) is 13.6. The number of phenols is 1. The number of hydrogen-bond acceptors (Lipinski definition) is 3. The van der Waals surface area contributed by atoms with Crippen LogP contribution in [0.3, 0.4) is 0 Å². The Labute approximate surface area is 210 Å². The van der Waals surface area contributed by atoms with Crippen molar-refractivity contribution in [2.75, 3.05) is 13.1 Å². The summed E-state index contributed by atoms with van der Waals surface area (Å²) in [5.41, 5.74) is 6.47. The number of carbonyl (C=O) groups excluding carboxylic acids is 1. The summed E-state index contributed by atoms with van der Waals surface area (Å²) < 4.78 is 0. The third-order valence-electron chi connectivity index (χ3n) is 6.81. The van der Waals surface area contributed by atoms with Gasteiger partial charge in [0.25, 0.3) is 5.91 Å². The zero-order valence-electron chi connectivity index (χ0n) is 19.7. The van der Waals surface area contributed by atoms with Crippen LogP contribution < -0.4 is 5.32 Å². The lowest BCUT2D eigenvalue weighted by molar-refractivity contribution is 0.0950. The van der Waals surface area contributed by atoms with Crippen molar-refractivity contribution in [1.29, 1.82) is 0 Å². The number of aromatic amines is 1. The van der Waals surface area contributed by atoms with Crippen LogP contribution in [-0.4, -0.2) is 34.0 Å². The van der Waals surface area contributed by atoms with Crippen LogP contribution >= 0.6 is 11.6 Å². The van der Waals surface area contributed by atoms with Crippen LogP contribution in [0.1, 0.15) is 45.6 Å². The number of nitrogens with one attached hydrogen (secondary N) is 2. The zero-order valence-corrected chi connectivity index (χ0v) is 20.4. The molecule has 3 N–H and O–H groups in total. The summed E-state index contributed by atoms with van der Waals surface area (Å²) in [6, 6.07) is 21.3. The molecule has 0 saturated carbocycles. The number of amides is 1. The molecule has 0 aliphatic carbocycles. The van der Waals surface area contributed by atoms with Gasteiger partial charge < -0.3 is 15.4 Å². The summed E-state index contributed by atoms with van der Waals surface area (Å²) in [6.07, 6.45) is 3.71. The van der Waals surface area contributed by atoms with E-state index in [0.29, 0.717) is 12.3 Å². The number of halogens is 1. The Balaban J connectivity index is 1.17. The molecule has 0 fully saturated rings. The number of benzene rings is 3. The number of rotatable bonds is 8. The lowest BCUT2D eigenvalue weighted by Crippen LogP contribution is -2.31. The van der Waals surface area contributed by atoms with Gasteiger partial charge in [-0.25, -0.2) is 0 Å².